The summed E-state index contributed by atoms with van der Waals surface area (Å²) in [5.74, 6) is 0.752. The highest BCUT2D eigenvalue weighted by Gasteiger charge is 2.13. The third-order valence-corrected chi connectivity index (χ3v) is 4.16. The Morgan fingerprint density at radius 1 is 1.32 bits per heavy atom. The Hall–Kier alpha value is -2.67. The van der Waals surface area contributed by atoms with Gasteiger partial charge in [0.1, 0.15) is 10.6 Å². The number of benzene rings is 1. The van der Waals surface area contributed by atoms with Gasteiger partial charge in [-0.05, 0) is 41.4 Å². The first kappa shape index (κ1) is 14.3. The molecule has 2 aromatic heterocycles. The van der Waals surface area contributed by atoms with Crippen molar-refractivity contribution in [2.24, 2.45) is 0 Å². The lowest BCUT2D eigenvalue weighted by molar-refractivity contribution is 0.243. The summed E-state index contributed by atoms with van der Waals surface area (Å²) in [5, 5.41) is 3.17. The van der Waals surface area contributed by atoms with Crippen LogP contribution >= 0.6 is 11.5 Å². The number of methoxy groups -OCH3 is 1. The molecule has 2 heterocycles. The molecule has 0 radical (unpaired) electrons. The number of pyridine rings is 1. The largest absolute Gasteiger partial charge is 0.497 e. The number of nitrogens with zero attached hydrogens (tertiary/aromatic N) is 2. The Kier molecular flexibility index (Phi) is 3.88. The lowest BCUT2D eigenvalue weighted by Gasteiger charge is -2.05. The standard InChI is InChI=1S/C15H13N3O3S/c1-21-11-6-4-10(5-7-11)9-17-15(20)18-14(19)12-3-2-8-16-13(12)22-18/h2-8H,9H2,1H3,(H,17,20). The van der Waals surface area contributed by atoms with E-state index in [1.54, 1.807) is 25.4 Å². The number of rotatable bonds is 3. The maximum atomic E-state index is 12.1. The van der Waals surface area contributed by atoms with Crippen molar-refractivity contribution >= 4 is 27.8 Å². The SMILES string of the molecule is COc1ccc(CNC(=O)n2sc3ncccc3c2=O)cc1. The first-order valence-corrected chi connectivity index (χ1v) is 7.34. The van der Waals surface area contributed by atoms with Crippen LogP contribution in [0.2, 0.25) is 0 Å². The second-order valence-electron chi connectivity index (χ2n) is 4.55. The van der Waals surface area contributed by atoms with Crippen molar-refractivity contribution in [3.8, 4) is 5.75 Å². The second kappa shape index (κ2) is 5.98. The van der Waals surface area contributed by atoms with E-state index in [2.05, 4.69) is 10.3 Å². The summed E-state index contributed by atoms with van der Waals surface area (Å²) < 4.78 is 6.16. The summed E-state index contributed by atoms with van der Waals surface area (Å²) in [5.41, 5.74) is 0.571. The number of aromatic nitrogens is 2. The van der Waals surface area contributed by atoms with Crippen LogP contribution in [-0.4, -0.2) is 22.1 Å². The average Bonchev–Trinajstić information content (AvgIpc) is 2.90. The van der Waals surface area contributed by atoms with Crippen LogP contribution in [0.3, 0.4) is 0 Å². The van der Waals surface area contributed by atoms with Crippen molar-refractivity contribution < 1.29 is 9.53 Å². The van der Waals surface area contributed by atoms with E-state index >= 15 is 0 Å². The monoisotopic (exact) mass is 315 g/mol. The summed E-state index contributed by atoms with van der Waals surface area (Å²) in [6.45, 7) is 0.330. The lowest BCUT2D eigenvalue weighted by atomic mass is 10.2. The van der Waals surface area contributed by atoms with Crippen LogP contribution in [0, 0.1) is 0 Å². The molecule has 1 N–H and O–H groups in total. The van der Waals surface area contributed by atoms with Gasteiger partial charge in [-0.3, -0.25) is 4.79 Å². The van der Waals surface area contributed by atoms with Crippen LogP contribution in [0.5, 0.6) is 5.75 Å². The van der Waals surface area contributed by atoms with E-state index in [0.29, 0.717) is 16.8 Å². The zero-order valence-corrected chi connectivity index (χ0v) is 12.6. The third kappa shape index (κ3) is 2.71. The van der Waals surface area contributed by atoms with E-state index in [0.717, 1.165) is 26.8 Å². The summed E-state index contributed by atoms with van der Waals surface area (Å²) in [6, 6.07) is 10.2. The number of ether oxygens (including phenoxy) is 1. The second-order valence-corrected chi connectivity index (χ2v) is 5.49. The molecule has 0 aliphatic carbocycles. The van der Waals surface area contributed by atoms with Gasteiger partial charge in [-0.25, -0.2) is 9.78 Å². The molecule has 0 fully saturated rings. The van der Waals surface area contributed by atoms with Gasteiger partial charge in [-0.15, -0.1) is 0 Å². The van der Waals surface area contributed by atoms with E-state index in [1.807, 2.05) is 24.3 Å². The van der Waals surface area contributed by atoms with Gasteiger partial charge in [-0.1, -0.05) is 12.1 Å². The molecule has 0 aliphatic heterocycles. The molecule has 0 spiro atoms. The molecule has 0 saturated heterocycles. The van der Waals surface area contributed by atoms with E-state index in [1.165, 1.54) is 0 Å². The fraction of sp³-hybridized carbons (Fsp3) is 0.133. The van der Waals surface area contributed by atoms with E-state index in [-0.39, 0.29) is 5.56 Å². The fourth-order valence-corrected chi connectivity index (χ4v) is 2.85. The van der Waals surface area contributed by atoms with Gasteiger partial charge in [0, 0.05) is 12.7 Å². The molecule has 22 heavy (non-hydrogen) atoms. The van der Waals surface area contributed by atoms with Crippen molar-refractivity contribution in [1.29, 1.82) is 0 Å². The number of amides is 1. The molecule has 1 aromatic carbocycles. The molecule has 3 rings (SSSR count). The van der Waals surface area contributed by atoms with Gasteiger partial charge in [0.15, 0.2) is 0 Å². The maximum absolute atomic E-state index is 12.1. The summed E-state index contributed by atoms with van der Waals surface area (Å²) in [7, 11) is 1.60. The van der Waals surface area contributed by atoms with E-state index in [9.17, 15) is 9.59 Å². The Morgan fingerprint density at radius 2 is 2.09 bits per heavy atom. The van der Waals surface area contributed by atoms with Gasteiger partial charge in [0.05, 0.1) is 12.5 Å². The molecule has 0 unspecified atom stereocenters. The van der Waals surface area contributed by atoms with Crippen LogP contribution in [0.4, 0.5) is 4.79 Å². The molecular weight excluding hydrogens is 302 g/mol. The van der Waals surface area contributed by atoms with Crippen LogP contribution in [0.15, 0.2) is 47.4 Å². The minimum atomic E-state index is -0.455. The van der Waals surface area contributed by atoms with Gasteiger partial charge in [-0.2, -0.15) is 3.96 Å². The Bertz CT molecular complexity index is 868. The van der Waals surface area contributed by atoms with Crippen LogP contribution < -0.4 is 15.6 Å². The van der Waals surface area contributed by atoms with Crippen molar-refractivity contribution in [2.45, 2.75) is 6.54 Å². The van der Waals surface area contributed by atoms with Gasteiger partial charge in [0.2, 0.25) is 0 Å². The minimum Gasteiger partial charge on any atom is -0.497 e. The Labute approximate surface area is 130 Å². The molecular formula is C15H13N3O3S. The van der Waals surface area contributed by atoms with Gasteiger partial charge < -0.3 is 10.1 Å². The topological polar surface area (TPSA) is 73.2 Å². The van der Waals surface area contributed by atoms with Crippen LogP contribution in [0.1, 0.15) is 5.56 Å². The first-order valence-electron chi connectivity index (χ1n) is 6.57. The number of carbonyl (C=O) groups is 1. The number of fused-ring (bicyclic) bond motifs is 1. The zero-order chi connectivity index (χ0) is 15.5. The van der Waals surface area contributed by atoms with Gasteiger partial charge in [0.25, 0.3) is 5.56 Å². The molecule has 1 amide bonds. The van der Waals surface area contributed by atoms with Crippen molar-refractivity contribution in [1.82, 2.24) is 14.3 Å². The number of nitrogens with one attached hydrogen (secondary N) is 1. The molecule has 0 atom stereocenters. The van der Waals surface area contributed by atoms with E-state index in [4.69, 9.17) is 4.74 Å². The van der Waals surface area contributed by atoms with Crippen LogP contribution in [-0.2, 0) is 6.54 Å². The summed E-state index contributed by atoms with van der Waals surface area (Å²) >= 11 is 1.03. The molecule has 6 nitrogen and oxygen atoms in total. The molecule has 0 aliphatic rings. The molecule has 0 bridgehead atoms. The molecule has 0 saturated carbocycles. The van der Waals surface area contributed by atoms with Crippen molar-refractivity contribution in [3.63, 3.8) is 0 Å². The lowest BCUT2D eigenvalue weighted by Crippen LogP contribution is -2.32. The third-order valence-electron chi connectivity index (χ3n) is 3.15. The summed E-state index contributed by atoms with van der Waals surface area (Å²) in [6.07, 6.45) is 1.60. The smallest absolute Gasteiger partial charge is 0.338 e. The zero-order valence-electron chi connectivity index (χ0n) is 11.8. The fourth-order valence-electron chi connectivity index (χ4n) is 1.99. The van der Waals surface area contributed by atoms with Crippen LogP contribution in [0.25, 0.3) is 10.2 Å². The predicted octanol–water partition coefficient (Wildman–Crippen LogP) is 2.22. The Morgan fingerprint density at radius 3 is 2.77 bits per heavy atom. The normalized spacial score (nSPS) is 10.6. The highest BCUT2D eigenvalue weighted by atomic mass is 32.1. The van der Waals surface area contributed by atoms with Crippen molar-refractivity contribution in [3.05, 3.63) is 58.5 Å². The quantitative estimate of drug-likeness (QED) is 0.804. The van der Waals surface area contributed by atoms with Gasteiger partial charge >= 0.3 is 6.03 Å². The number of hydrogen-bond acceptors (Lipinski definition) is 5. The number of carbonyl (C=O) groups excluding carboxylic acids is 1. The maximum Gasteiger partial charge on any atom is 0.338 e. The van der Waals surface area contributed by atoms with Crippen molar-refractivity contribution in [2.75, 3.05) is 7.11 Å². The first-order chi connectivity index (χ1) is 10.7. The highest BCUT2D eigenvalue weighted by Crippen LogP contribution is 2.13. The predicted molar refractivity (Wildman–Crippen MR) is 84.5 cm³/mol. The average molecular weight is 315 g/mol. The Balaban J connectivity index is 1.75. The molecule has 3 aromatic rings. The number of hydrogen-bond donors (Lipinski definition) is 1. The summed E-state index contributed by atoms with van der Waals surface area (Å²) in [4.78, 5) is 28.9. The highest BCUT2D eigenvalue weighted by molar-refractivity contribution is 7.14. The minimum absolute atomic E-state index is 0.330. The molecule has 112 valence electrons. The molecule has 7 heteroatoms. The van der Waals surface area contributed by atoms with E-state index < -0.39 is 6.03 Å².